The summed E-state index contributed by atoms with van der Waals surface area (Å²) < 4.78 is 0. The molecule has 0 bridgehead atoms. The molecule has 4 aliphatic rings. The number of aliphatic imine (C=N–C) groups is 1. The van der Waals surface area contributed by atoms with Crippen molar-refractivity contribution in [2.24, 2.45) is 16.8 Å². The molecule has 1 aliphatic carbocycles. The molecule has 0 spiro atoms. The van der Waals surface area contributed by atoms with Crippen LogP contribution < -0.4 is 16.6 Å². The molecule has 4 N–H and O–H groups in total. The number of carbonyl (C=O) groups excluding carboxylic acids is 1. The van der Waals surface area contributed by atoms with Crippen molar-refractivity contribution in [3.8, 4) is 0 Å². The molecule has 3 heterocycles. The first-order valence-corrected chi connectivity index (χ1v) is 12.4. The van der Waals surface area contributed by atoms with Gasteiger partial charge in [0.15, 0.2) is 0 Å². The number of piperidine rings is 1. The summed E-state index contributed by atoms with van der Waals surface area (Å²) in [7, 11) is 0. The van der Waals surface area contributed by atoms with Gasteiger partial charge in [-0.2, -0.15) is 0 Å². The van der Waals surface area contributed by atoms with Gasteiger partial charge in [0.05, 0.1) is 0 Å². The van der Waals surface area contributed by atoms with Crippen LogP contribution in [0.25, 0.3) is 0 Å². The number of amides is 1. The van der Waals surface area contributed by atoms with E-state index in [-0.39, 0.29) is 18.0 Å². The van der Waals surface area contributed by atoms with Gasteiger partial charge in [-0.05, 0) is 67.7 Å². The minimum Gasteiger partial charge on any atom is -0.399 e. The van der Waals surface area contributed by atoms with Crippen LogP contribution in [-0.2, 0) is 4.79 Å². The number of nitrogens with two attached hydrogens (primary N) is 1. The molecule has 33 heavy (non-hydrogen) atoms. The smallest absolute Gasteiger partial charge is 0.253 e. The average molecular weight is 449 g/mol. The van der Waals surface area contributed by atoms with Gasteiger partial charge in [0.1, 0.15) is 6.17 Å². The summed E-state index contributed by atoms with van der Waals surface area (Å²) in [5, 5.41) is 0. The highest BCUT2D eigenvalue weighted by Crippen LogP contribution is 2.34. The van der Waals surface area contributed by atoms with Crippen molar-refractivity contribution in [2.75, 3.05) is 31.9 Å². The second-order valence-corrected chi connectivity index (χ2v) is 9.96. The van der Waals surface area contributed by atoms with Gasteiger partial charge in [-0.1, -0.05) is 31.2 Å². The second kappa shape index (κ2) is 9.21. The molecule has 0 radical (unpaired) electrons. The molecule has 176 valence electrons. The van der Waals surface area contributed by atoms with Gasteiger partial charge < -0.3 is 15.5 Å². The van der Waals surface area contributed by atoms with Crippen LogP contribution in [0, 0.1) is 11.8 Å². The minimum absolute atomic E-state index is 0.0565. The minimum atomic E-state index is -0.0565. The zero-order valence-electron chi connectivity index (χ0n) is 19.8. The average Bonchev–Trinajstić information content (AvgIpc) is 3.52. The third-order valence-corrected chi connectivity index (χ3v) is 7.69. The quantitative estimate of drug-likeness (QED) is 0.619. The fourth-order valence-electron chi connectivity index (χ4n) is 5.65. The SMILES string of the molecule is CC1=CC(C)C(C2N=C(N3CCCC3)NN2)C=C1C(=O)N1CCC(c2ccc(N)cc2)CC1. The number of rotatable bonds is 3. The van der Waals surface area contributed by atoms with Crippen LogP contribution in [0.1, 0.15) is 51.0 Å². The van der Waals surface area contributed by atoms with Crippen molar-refractivity contribution < 1.29 is 4.79 Å². The topological polar surface area (TPSA) is 86.0 Å². The Bertz CT molecular complexity index is 967. The molecule has 3 atom stereocenters. The summed E-state index contributed by atoms with van der Waals surface area (Å²) in [5.41, 5.74) is 16.5. The van der Waals surface area contributed by atoms with E-state index >= 15 is 0 Å². The molecule has 1 aromatic carbocycles. The Hall–Kier alpha value is -2.80. The van der Waals surface area contributed by atoms with Crippen LogP contribution >= 0.6 is 0 Å². The lowest BCUT2D eigenvalue weighted by atomic mass is 9.81. The number of nitrogens with one attached hydrogen (secondary N) is 2. The first-order valence-electron chi connectivity index (χ1n) is 12.4. The van der Waals surface area contributed by atoms with Crippen molar-refractivity contribution in [3.05, 3.63) is 53.1 Å². The summed E-state index contributed by atoms with van der Waals surface area (Å²) in [6.07, 6.45) is 8.78. The highest BCUT2D eigenvalue weighted by molar-refractivity contribution is 5.98. The Labute approximate surface area is 196 Å². The van der Waals surface area contributed by atoms with Crippen molar-refractivity contribution in [1.29, 1.82) is 0 Å². The van der Waals surface area contributed by atoms with E-state index in [9.17, 15) is 4.79 Å². The molecular weight excluding hydrogens is 412 g/mol. The number of guanidine groups is 1. The third kappa shape index (κ3) is 4.51. The van der Waals surface area contributed by atoms with Crippen LogP contribution in [0.3, 0.4) is 0 Å². The first kappa shape index (κ1) is 22.0. The summed E-state index contributed by atoms with van der Waals surface area (Å²) in [6.45, 7) is 7.99. The van der Waals surface area contributed by atoms with E-state index in [1.807, 2.05) is 17.0 Å². The van der Waals surface area contributed by atoms with Gasteiger partial charge in [0, 0.05) is 43.4 Å². The number of hydrogen-bond acceptors (Lipinski definition) is 6. The number of carbonyl (C=O) groups is 1. The van der Waals surface area contributed by atoms with E-state index in [4.69, 9.17) is 10.7 Å². The molecule has 2 fully saturated rings. The molecule has 3 unspecified atom stereocenters. The number of hydrazine groups is 1. The zero-order chi connectivity index (χ0) is 22.9. The van der Waals surface area contributed by atoms with Gasteiger partial charge in [-0.15, -0.1) is 0 Å². The molecule has 7 heteroatoms. The Balaban J connectivity index is 1.26. The molecule has 3 aliphatic heterocycles. The van der Waals surface area contributed by atoms with Crippen LogP contribution in [0.2, 0.25) is 0 Å². The lowest BCUT2D eigenvalue weighted by Gasteiger charge is -2.35. The van der Waals surface area contributed by atoms with Crippen molar-refractivity contribution in [2.45, 2.75) is 51.6 Å². The number of likely N-dealkylation sites (tertiary alicyclic amines) is 2. The molecule has 0 saturated carbocycles. The zero-order valence-corrected chi connectivity index (χ0v) is 19.8. The summed E-state index contributed by atoms with van der Waals surface area (Å²) in [6, 6.07) is 8.19. The molecule has 0 aromatic heterocycles. The van der Waals surface area contributed by atoms with Gasteiger partial charge >= 0.3 is 0 Å². The van der Waals surface area contributed by atoms with Crippen molar-refractivity contribution in [3.63, 3.8) is 0 Å². The van der Waals surface area contributed by atoms with Gasteiger partial charge in [0.2, 0.25) is 5.96 Å². The van der Waals surface area contributed by atoms with Gasteiger partial charge in [-0.25, -0.2) is 10.4 Å². The maximum absolute atomic E-state index is 13.5. The summed E-state index contributed by atoms with van der Waals surface area (Å²) in [4.78, 5) is 22.8. The second-order valence-electron chi connectivity index (χ2n) is 9.96. The molecular formula is C26H36N6O. The van der Waals surface area contributed by atoms with Crippen LogP contribution in [0.5, 0.6) is 0 Å². The predicted octanol–water partition coefficient (Wildman–Crippen LogP) is 3.00. The maximum Gasteiger partial charge on any atom is 0.253 e. The number of benzene rings is 1. The van der Waals surface area contributed by atoms with Crippen LogP contribution in [0.15, 0.2) is 52.6 Å². The van der Waals surface area contributed by atoms with Crippen LogP contribution in [-0.4, -0.2) is 54.0 Å². The lowest BCUT2D eigenvalue weighted by molar-refractivity contribution is -0.128. The maximum atomic E-state index is 13.5. The number of nitrogen functional groups attached to an aromatic ring is 1. The summed E-state index contributed by atoms with van der Waals surface area (Å²) >= 11 is 0. The van der Waals surface area contributed by atoms with Gasteiger partial charge in [-0.3, -0.25) is 10.2 Å². The summed E-state index contributed by atoms with van der Waals surface area (Å²) in [5.74, 6) is 2.06. The third-order valence-electron chi connectivity index (χ3n) is 7.69. The van der Waals surface area contributed by atoms with E-state index in [0.29, 0.717) is 11.8 Å². The van der Waals surface area contributed by atoms with E-state index in [0.717, 1.165) is 61.8 Å². The fraction of sp³-hybridized carbons (Fsp3) is 0.538. The number of anilines is 1. The molecule has 5 rings (SSSR count). The normalized spacial score (nSPS) is 28.3. The largest absolute Gasteiger partial charge is 0.399 e. The monoisotopic (exact) mass is 448 g/mol. The number of hydrogen-bond donors (Lipinski definition) is 3. The van der Waals surface area contributed by atoms with E-state index in [1.54, 1.807) is 0 Å². The Morgan fingerprint density at radius 3 is 2.45 bits per heavy atom. The molecule has 2 saturated heterocycles. The number of allylic oxidation sites excluding steroid dienone is 1. The van der Waals surface area contributed by atoms with E-state index in [2.05, 4.69) is 53.9 Å². The highest BCUT2D eigenvalue weighted by Gasteiger charge is 2.35. The van der Waals surface area contributed by atoms with Crippen LogP contribution in [0.4, 0.5) is 5.69 Å². The fourth-order valence-corrected chi connectivity index (χ4v) is 5.65. The van der Waals surface area contributed by atoms with Crippen molar-refractivity contribution in [1.82, 2.24) is 20.7 Å². The predicted molar refractivity (Wildman–Crippen MR) is 132 cm³/mol. The number of nitrogens with zero attached hydrogens (tertiary/aromatic N) is 3. The van der Waals surface area contributed by atoms with Crippen molar-refractivity contribution >= 4 is 17.6 Å². The standard InChI is InChI=1S/C26H36N6O/c1-17-15-18(2)23(16-22(17)24-28-26(30-29-24)32-11-3-4-12-32)25(33)31-13-9-20(10-14-31)19-5-7-21(27)8-6-19/h5-8,15-17,20,22,24,29H,3-4,9-14,27H2,1-2H3,(H,28,30). The molecule has 1 amide bonds. The van der Waals surface area contributed by atoms with E-state index in [1.165, 1.54) is 18.4 Å². The molecule has 1 aromatic rings. The Morgan fingerprint density at radius 1 is 1.06 bits per heavy atom. The Kier molecular flexibility index (Phi) is 6.15. The van der Waals surface area contributed by atoms with Gasteiger partial charge in [0.25, 0.3) is 5.91 Å². The molecule has 7 nitrogen and oxygen atoms in total. The lowest BCUT2D eigenvalue weighted by Crippen LogP contribution is -2.45. The Morgan fingerprint density at radius 2 is 1.76 bits per heavy atom. The first-order chi connectivity index (χ1) is 16.0. The van der Waals surface area contributed by atoms with E-state index < -0.39 is 0 Å². The highest BCUT2D eigenvalue weighted by atomic mass is 16.2.